The van der Waals surface area contributed by atoms with Crippen molar-refractivity contribution in [3.05, 3.63) is 51.9 Å². The highest BCUT2D eigenvalue weighted by atomic mass is 19.4. The van der Waals surface area contributed by atoms with Crippen LogP contribution >= 0.6 is 0 Å². The van der Waals surface area contributed by atoms with Crippen molar-refractivity contribution >= 4 is 16.9 Å². The van der Waals surface area contributed by atoms with Gasteiger partial charge in [0.1, 0.15) is 24.5 Å². The molecule has 0 unspecified atom stereocenters. The molecule has 1 atom stereocenters. The molecule has 0 fully saturated rings. The van der Waals surface area contributed by atoms with Crippen LogP contribution in [0.15, 0.2) is 39.5 Å². The molecule has 2 heterocycles. The molecule has 1 aliphatic rings. The Bertz CT molecular complexity index is 1330. The second-order valence-electron chi connectivity index (χ2n) is 7.98. The van der Waals surface area contributed by atoms with Gasteiger partial charge >= 0.3 is 12.1 Å². The van der Waals surface area contributed by atoms with E-state index in [9.17, 15) is 22.8 Å². The maximum absolute atomic E-state index is 14.1. The predicted molar refractivity (Wildman–Crippen MR) is 120 cm³/mol. The zero-order valence-corrected chi connectivity index (χ0v) is 19.3. The summed E-state index contributed by atoms with van der Waals surface area (Å²) in [6.07, 6.45) is -4.86. The Labute approximate surface area is 198 Å². The highest BCUT2D eigenvalue weighted by Crippen LogP contribution is 2.41. The van der Waals surface area contributed by atoms with E-state index in [1.807, 2.05) is 6.92 Å². The van der Waals surface area contributed by atoms with E-state index in [-0.39, 0.29) is 34.6 Å². The van der Waals surface area contributed by atoms with E-state index in [0.29, 0.717) is 30.8 Å². The first-order valence-electron chi connectivity index (χ1n) is 11.0. The van der Waals surface area contributed by atoms with E-state index in [1.165, 1.54) is 44.4 Å². The number of esters is 1. The number of hydrogen-bond donors (Lipinski definition) is 0. The van der Waals surface area contributed by atoms with Gasteiger partial charge in [0, 0.05) is 6.07 Å². The molecule has 0 saturated heterocycles. The van der Waals surface area contributed by atoms with Gasteiger partial charge in [0.25, 0.3) is 0 Å². The van der Waals surface area contributed by atoms with Gasteiger partial charge in [-0.25, -0.2) is 4.79 Å². The molecule has 0 amide bonds. The standard InChI is InChI=1S/C25H23F3O7/c1-4-5-14-10-16-19(12-18(14)34-13(2)24(30)31-3)35-23(25(26,27)28)21(22(16)29)15-6-7-17-20(11-15)33-9-8-32-17/h6-7,10-13H,4-5,8-9H2,1-3H3/t13-/m0/s1. The first-order valence-corrected chi connectivity index (χ1v) is 11.0. The summed E-state index contributed by atoms with van der Waals surface area (Å²) in [4.78, 5) is 25.3. The lowest BCUT2D eigenvalue weighted by atomic mass is 9.99. The zero-order valence-electron chi connectivity index (χ0n) is 19.3. The van der Waals surface area contributed by atoms with Crippen LogP contribution in [-0.2, 0) is 22.1 Å². The highest BCUT2D eigenvalue weighted by Gasteiger charge is 2.40. The minimum absolute atomic E-state index is 0.00564. The molecule has 0 N–H and O–H groups in total. The molecule has 4 rings (SSSR count). The molecule has 3 aromatic rings. The van der Waals surface area contributed by atoms with Crippen LogP contribution in [0.25, 0.3) is 22.1 Å². The first kappa shape index (κ1) is 24.4. The Morgan fingerprint density at radius 1 is 1.11 bits per heavy atom. The second-order valence-corrected chi connectivity index (χ2v) is 7.98. The molecule has 1 aliphatic heterocycles. The number of fused-ring (bicyclic) bond motifs is 2. The van der Waals surface area contributed by atoms with Gasteiger partial charge < -0.3 is 23.4 Å². The number of rotatable bonds is 6. The number of aryl methyl sites for hydroxylation is 1. The molecule has 0 saturated carbocycles. The minimum atomic E-state index is -4.96. The fourth-order valence-electron chi connectivity index (χ4n) is 3.91. The van der Waals surface area contributed by atoms with Crippen molar-refractivity contribution in [1.29, 1.82) is 0 Å². The van der Waals surface area contributed by atoms with Gasteiger partial charge in [-0.15, -0.1) is 0 Å². The molecule has 7 nitrogen and oxygen atoms in total. The summed E-state index contributed by atoms with van der Waals surface area (Å²) in [7, 11) is 1.20. The van der Waals surface area contributed by atoms with Crippen LogP contribution in [0.1, 0.15) is 31.6 Å². The van der Waals surface area contributed by atoms with Crippen molar-refractivity contribution in [1.82, 2.24) is 0 Å². The van der Waals surface area contributed by atoms with Crippen molar-refractivity contribution in [2.75, 3.05) is 20.3 Å². The molecule has 10 heteroatoms. The van der Waals surface area contributed by atoms with Gasteiger partial charge in [-0.05, 0) is 42.7 Å². The Morgan fingerprint density at radius 2 is 1.83 bits per heavy atom. The maximum Gasteiger partial charge on any atom is 0.450 e. The average Bonchev–Trinajstić information content (AvgIpc) is 2.83. The number of carbonyl (C=O) groups excluding carboxylic acids is 1. The third-order valence-electron chi connectivity index (χ3n) is 5.52. The normalized spacial score (nSPS) is 14.0. The van der Waals surface area contributed by atoms with Gasteiger partial charge in [-0.3, -0.25) is 4.79 Å². The van der Waals surface area contributed by atoms with Crippen molar-refractivity contribution in [3.8, 4) is 28.4 Å². The maximum atomic E-state index is 14.1. The van der Waals surface area contributed by atoms with E-state index in [2.05, 4.69) is 4.74 Å². The van der Waals surface area contributed by atoms with E-state index >= 15 is 0 Å². The summed E-state index contributed by atoms with van der Waals surface area (Å²) in [6, 6.07) is 6.82. The summed E-state index contributed by atoms with van der Waals surface area (Å²) >= 11 is 0. The van der Waals surface area contributed by atoms with E-state index < -0.39 is 35.0 Å². The van der Waals surface area contributed by atoms with Gasteiger partial charge in [0.05, 0.1) is 18.1 Å². The number of ether oxygens (including phenoxy) is 4. The number of halogens is 3. The number of hydrogen-bond acceptors (Lipinski definition) is 7. The Kier molecular flexibility index (Phi) is 6.64. The van der Waals surface area contributed by atoms with Crippen LogP contribution in [0.4, 0.5) is 13.2 Å². The van der Waals surface area contributed by atoms with E-state index in [4.69, 9.17) is 18.6 Å². The molecule has 186 valence electrons. The number of benzene rings is 2. The molecular formula is C25H23F3O7. The van der Waals surface area contributed by atoms with Crippen molar-refractivity contribution in [2.45, 2.75) is 39.0 Å². The summed E-state index contributed by atoms with van der Waals surface area (Å²) in [6.45, 7) is 3.90. The first-order chi connectivity index (χ1) is 16.6. The summed E-state index contributed by atoms with van der Waals surface area (Å²) in [5.41, 5.74) is -1.23. The SMILES string of the molecule is CCCc1cc2c(=O)c(-c3ccc4c(c3)OCCO4)c(C(F)(F)F)oc2cc1O[C@@H](C)C(=O)OC. The summed E-state index contributed by atoms with van der Waals surface area (Å²) < 4.78 is 68.7. The molecule has 0 spiro atoms. The van der Waals surface area contributed by atoms with Gasteiger partial charge in [-0.1, -0.05) is 19.4 Å². The minimum Gasteiger partial charge on any atom is -0.486 e. The van der Waals surface area contributed by atoms with Crippen LogP contribution in [0.3, 0.4) is 0 Å². The van der Waals surface area contributed by atoms with Gasteiger partial charge in [0.15, 0.2) is 17.6 Å². The number of methoxy groups -OCH3 is 1. The van der Waals surface area contributed by atoms with Crippen molar-refractivity contribution < 1.29 is 41.3 Å². The van der Waals surface area contributed by atoms with Crippen LogP contribution in [0.2, 0.25) is 0 Å². The van der Waals surface area contributed by atoms with Gasteiger partial charge in [-0.2, -0.15) is 13.2 Å². The predicted octanol–water partition coefficient (Wildman–Crippen LogP) is 5.14. The topological polar surface area (TPSA) is 84.2 Å². The fraction of sp³-hybridized carbons (Fsp3) is 0.360. The largest absolute Gasteiger partial charge is 0.486 e. The second kappa shape index (κ2) is 9.52. The third-order valence-corrected chi connectivity index (χ3v) is 5.52. The fourth-order valence-corrected chi connectivity index (χ4v) is 3.91. The summed E-state index contributed by atoms with van der Waals surface area (Å²) in [5.74, 6) is -1.33. The van der Waals surface area contributed by atoms with Crippen LogP contribution in [0, 0.1) is 0 Å². The van der Waals surface area contributed by atoms with E-state index in [0.717, 1.165) is 0 Å². The highest BCUT2D eigenvalue weighted by molar-refractivity contribution is 5.86. The van der Waals surface area contributed by atoms with Crippen molar-refractivity contribution in [3.63, 3.8) is 0 Å². The lowest BCUT2D eigenvalue weighted by Crippen LogP contribution is -2.25. The smallest absolute Gasteiger partial charge is 0.450 e. The lowest BCUT2D eigenvalue weighted by molar-refractivity contribution is -0.152. The zero-order chi connectivity index (χ0) is 25.3. The Balaban J connectivity index is 1.94. The number of carbonyl (C=O) groups is 1. The molecule has 0 bridgehead atoms. The molecule has 35 heavy (non-hydrogen) atoms. The Morgan fingerprint density at radius 3 is 2.49 bits per heavy atom. The molecule has 0 radical (unpaired) electrons. The number of alkyl halides is 3. The Hall–Kier alpha value is -3.69. The van der Waals surface area contributed by atoms with Crippen LogP contribution in [-0.4, -0.2) is 32.4 Å². The summed E-state index contributed by atoms with van der Waals surface area (Å²) in [5, 5.41) is -0.0376. The quantitative estimate of drug-likeness (QED) is 0.441. The van der Waals surface area contributed by atoms with Gasteiger partial charge in [0.2, 0.25) is 11.2 Å². The van der Waals surface area contributed by atoms with E-state index in [1.54, 1.807) is 0 Å². The lowest BCUT2D eigenvalue weighted by Gasteiger charge is -2.20. The average molecular weight is 492 g/mol. The molecule has 1 aromatic heterocycles. The van der Waals surface area contributed by atoms with Crippen molar-refractivity contribution in [2.24, 2.45) is 0 Å². The monoisotopic (exact) mass is 492 g/mol. The molecular weight excluding hydrogens is 469 g/mol. The molecule has 0 aliphatic carbocycles. The van der Waals surface area contributed by atoms with Crippen LogP contribution in [0.5, 0.6) is 17.2 Å². The molecule has 2 aromatic carbocycles. The third kappa shape index (κ3) is 4.78. The van der Waals surface area contributed by atoms with Crippen LogP contribution < -0.4 is 19.6 Å².